The number of hydrogen-bond donors (Lipinski definition) is 2. The molecular weight excluding hydrogens is 336 g/mol. The monoisotopic (exact) mass is 360 g/mol. The van der Waals surface area contributed by atoms with E-state index >= 15 is 0 Å². The van der Waals surface area contributed by atoms with Crippen LogP contribution in [0.15, 0.2) is 21.3 Å². The van der Waals surface area contributed by atoms with Crippen molar-refractivity contribution >= 4 is 27.3 Å². The van der Waals surface area contributed by atoms with Crippen molar-refractivity contribution in [1.29, 1.82) is 0 Å². The maximum absolute atomic E-state index is 12.6. The van der Waals surface area contributed by atoms with E-state index in [1.165, 1.54) is 15.6 Å². The molecule has 0 aromatic carbocycles. The smallest absolute Gasteiger partial charge is 0.252 e. The van der Waals surface area contributed by atoms with Crippen LogP contribution in [0.2, 0.25) is 0 Å². The number of rotatable bonds is 6. The molecule has 2 N–H and O–H groups in total. The first-order valence-corrected chi connectivity index (χ1v) is 9.94. The summed E-state index contributed by atoms with van der Waals surface area (Å²) in [5, 5.41) is 6.37. The van der Waals surface area contributed by atoms with Crippen LogP contribution < -0.4 is 10.6 Å². The average Bonchev–Trinajstić information content (AvgIpc) is 3.06. The van der Waals surface area contributed by atoms with E-state index in [2.05, 4.69) is 22.5 Å². The number of morpholine rings is 1. The minimum absolute atomic E-state index is 0.382. The molecule has 1 aliphatic heterocycles. The van der Waals surface area contributed by atoms with Gasteiger partial charge >= 0.3 is 0 Å². The maximum atomic E-state index is 12.6. The van der Waals surface area contributed by atoms with E-state index < -0.39 is 10.0 Å². The first kappa shape index (κ1) is 18.2. The predicted molar refractivity (Wildman–Crippen MR) is 92.4 cm³/mol. The molecule has 0 aliphatic carbocycles. The fourth-order valence-electron chi connectivity index (χ4n) is 2.14. The van der Waals surface area contributed by atoms with Crippen molar-refractivity contribution < 1.29 is 13.2 Å². The second-order valence-electron chi connectivity index (χ2n) is 5.09. The Hall–Kier alpha value is -1.16. The number of sulfonamides is 1. The average molecular weight is 361 g/mol. The van der Waals surface area contributed by atoms with Gasteiger partial charge in [-0.3, -0.25) is 4.99 Å². The van der Waals surface area contributed by atoms with E-state index in [0.717, 1.165) is 23.8 Å². The summed E-state index contributed by atoms with van der Waals surface area (Å²) in [6.45, 7) is 5.23. The van der Waals surface area contributed by atoms with Gasteiger partial charge in [0, 0.05) is 31.6 Å². The predicted octanol–water partition coefficient (Wildman–Crippen LogP) is 0.844. The summed E-state index contributed by atoms with van der Waals surface area (Å²) in [6, 6.07) is 3.52. The molecule has 0 saturated carbocycles. The van der Waals surface area contributed by atoms with Gasteiger partial charge in [-0.15, -0.1) is 11.3 Å². The number of aliphatic imine (C=N–C) groups is 1. The molecule has 0 unspecified atom stereocenters. The van der Waals surface area contributed by atoms with Crippen LogP contribution in [-0.4, -0.2) is 58.6 Å². The molecule has 0 spiro atoms. The van der Waals surface area contributed by atoms with E-state index in [0.29, 0.717) is 37.1 Å². The highest BCUT2D eigenvalue weighted by molar-refractivity contribution is 7.91. The molecule has 1 aliphatic rings. The summed E-state index contributed by atoms with van der Waals surface area (Å²) >= 11 is 1.29. The molecule has 9 heteroatoms. The normalized spacial score (nSPS) is 17.2. The van der Waals surface area contributed by atoms with Crippen LogP contribution in [0, 0.1) is 0 Å². The number of nitrogens with zero attached hydrogens (tertiary/aromatic N) is 2. The Balaban J connectivity index is 1.97. The Morgan fingerprint density at radius 2 is 2.09 bits per heavy atom. The zero-order chi connectivity index (χ0) is 16.7. The minimum Gasteiger partial charge on any atom is -0.379 e. The summed E-state index contributed by atoms with van der Waals surface area (Å²) in [6.07, 6.45) is 1.02. The number of ether oxygens (including phenoxy) is 1. The zero-order valence-electron chi connectivity index (χ0n) is 13.5. The molecule has 2 heterocycles. The molecule has 0 radical (unpaired) electrons. The SMILES string of the molecule is CCCNC(=NC)NCc1ccc(S(=O)(=O)N2CCOCC2)s1. The highest BCUT2D eigenvalue weighted by atomic mass is 32.2. The zero-order valence-corrected chi connectivity index (χ0v) is 15.2. The molecule has 2 rings (SSSR count). The molecular formula is C14H24N4O3S2. The van der Waals surface area contributed by atoms with Crippen LogP contribution in [0.4, 0.5) is 0 Å². The molecule has 1 aromatic heterocycles. The molecule has 23 heavy (non-hydrogen) atoms. The quantitative estimate of drug-likeness (QED) is 0.580. The molecule has 1 saturated heterocycles. The van der Waals surface area contributed by atoms with Gasteiger partial charge in [-0.05, 0) is 18.6 Å². The van der Waals surface area contributed by atoms with E-state index in [1.807, 2.05) is 6.07 Å². The minimum atomic E-state index is -3.40. The second-order valence-corrected chi connectivity index (χ2v) is 8.42. The number of guanidine groups is 1. The standard InChI is InChI=1S/C14H24N4O3S2/c1-3-6-16-14(15-2)17-11-12-4-5-13(22-12)23(19,20)18-7-9-21-10-8-18/h4-5H,3,6-11H2,1-2H3,(H2,15,16,17). The summed E-state index contributed by atoms with van der Waals surface area (Å²) < 4.78 is 32.2. The lowest BCUT2D eigenvalue weighted by Crippen LogP contribution is -2.40. The summed E-state index contributed by atoms with van der Waals surface area (Å²) in [5.41, 5.74) is 0. The Bertz CT molecular complexity index is 622. The highest BCUT2D eigenvalue weighted by Crippen LogP contribution is 2.25. The first-order valence-electron chi connectivity index (χ1n) is 7.69. The van der Waals surface area contributed by atoms with E-state index in [4.69, 9.17) is 4.74 Å². The van der Waals surface area contributed by atoms with E-state index in [1.54, 1.807) is 13.1 Å². The fraction of sp³-hybridized carbons (Fsp3) is 0.643. The Morgan fingerprint density at radius 1 is 1.35 bits per heavy atom. The lowest BCUT2D eigenvalue weighted by Gasteiger charge is -2.25. The number of nitrogens with one attached hydrogen (secondary N) is 2. The van der Waals surface area contributed by atoms with Crippen molar-refractivity contribution in [3.63, 3.8) is 0 Å². The van der Waals surface area contributed by atoms with Gasteiger partial charge in [0.05, 0.1) is 19.8 Å². The lowest BCUT2D eigenvalue weighted by molar-refractivity contribution is 0.0731. The van der Waals surface area contributed by atoms with Crippen molar-refractivity contribution in [1.82, 2.24) is 14.9 Å². The Morgan fingerprint density at radius 3 is 2.74 bits per heavy atom. The molecule has 0 amide bonds. The molecule has 1 aromatic rings. The van der Waals surface area contributed by atoms with Gasteiger partial charge in [-0.2, -0.15) is 4.31 Å². The van der Waals surface area contributed by atoms with Crippen LogP contribution in [0.3, 0.4) is 0 Å². The van der Waals surface area contributed by atoms with Crippen molar-refractivity contribution in [2.45, 2.75) is 24.1 Å². The summed E-state index contributed by atoms with van der Waals surface area (Å²) in [4.78, 5) is 5.08. The third-order valence-corrected chi connectivity index (χ3v) is 6.85. The largest absolute Gasteiger partial charge is 0.379 e. The molecule has 130 valence electrons. The Labute approximate surface area is 141 Å². The van der Waals surface area contributed by atoms with Crippen LogP contribution in [0.5, 0.6) is 0 Å². The van der Waals surface area contributed by atoms with Gasteiger partial charge < -0.3 is 15.4 Å². The summed E-state index contributed by atoms with van der Waals surface area (Å²) in [5.74, 6) is 0.720. The van der Waals surface area contributed by atoms with Crippen LogP contribution in [0.1, 0.15) is 18.2 Å². The lowest BCUT2D eigenvalue weighted by atomic mass is 10.4. The van der Waals surface area contributed by atoms with Gasteiger partial charge in [0.1, 0.15) is 4.21 Å². The van der Waals surface area contributed by atoms with Gasteiger partial charge in [-0.1, -0.05) is 6.92 Å². The second kappa shape index (κ2) is 8.62. The third kappa shape index (κ3) is 4.90. The van der Waals surface area contributed by atoms with Crippen LogP contribution in [0.25, 0.3) is 0 Å². The van der Waals surface area contributed by atoms with E-state index in [-0.39, 0.29) is 0 Å². The van der Waals surface area contributed by atoms with Crippen LogP contribution >= 0.6 is 11.3 Å². The van der Waals surface area contributed by atoms with Crippen molar-refractivity contribution in [3.05, 3.63) is 17.0 Å². The van der Waals surface area contributed by atoms with Gasteiger partial charge in [0.25, 0.3) is 10.0 Å². The molecule has 7 nitrogen and oxygen atoms in total. The maximum Gasteiger partial charge on any atom is 0.252 e. The van der Waals surface area contributed by atoms with Gasteiger partial charge in [-0.25, -0.2) is 8.42 Å². The fourth-order valence-corrected chi connectivity index (χ4v) is 5.00. The van der Waals surface area contributed by atoms with E-state index in [9.17, 15) is 8.42 Å². The molecule has 1 fully saturated rings. The Kier molecular flexibility index (Phi) is 6.82. The first-order chi connectivity index (χ1) is 11.1. The summed E-state index contributed by atoms with van der Waals surface area (Å²) in [7, 11) is -1.69. The van der Waals surface area contributed by atoms with Gasteiger partial charge in [0.15, 0.2) is 5.96 Å². The van der Waals surface area contributed by atoms with Crippen LogP contribution in [-0.2, 0) is 21.3 Å². The van der Waals surface area contributed by atoms with Gasteiger partial charge in [0.2, 0.25) is 0 Å². The molecule has 0 atom stereocenters. The van der Waals surface area contributed by atoms with Crippen molar-refractivity contribution in [2.24, 2.45) is 4.99 Å². The number of thiophene rings is 1. The number of hydrogen-bond acceptors (Lipinski definition) is 5. The highest BCUT2D eigenvalue weighted by Gasteiger charge is 2.27. The van der Waals surface area contributed by atoms with Crippen molar-refractivity contribution in [2.75, 3.05) is 39.9 Å². The molecule has 0 bridgehead atoms. The third-order valence-electron chi connectivity index (χ3n) is 3.40. The van der Waals surface area contributed by atoms with Crippen molar-refractivity contribution in [3.8, 4) is 0 Å². The topological polar surface area (TPSA) is 83.0 Å².